The highest BCUT2D eigenvalue weighted by atomic mass is 127. The third-order valence-electron chi connectivity index (χ3n) is 12.0. The van der Waals surface area contributed by atoms with Crippen LogP contribution in [0.15, 0.2) is 114 Å². The molecule has 6 rings (SSSR count). The summed E-state index contributed by atoms with van der Waals surface area (Å²) in [5.41, 5.74) is 9.51. The Morgan fingerprint density at radius 1 is 0.729 bits per heavy atom. The van der Waals surface area contributed by atoms with Crippen LogP contribution in [0.4, 0.5) is 17.1 Å². The molecule has 316 valence electrons. The minimum Gasteiger partial charge on any atom is -0.344 e. The van der Waals surface area contributed by atoms with Crippen LogP contribution in [0.1, 0.15) is 90.7 Å². The molecular weight excluding hydrogens is 1010 g/mol. The summed E-state index contributed by atoms with van der Waals surface area (Å²) in [7, 11) is -4.81. The first-order valence-corrected chi connectivity index (χ1v) is 25.5. The predicted octanol–water partition coefficient (Wildman–Crippen LogP) is 10.5. The number of benzene rings is 3. The van der Waals surface area contributed by atoms with Crippen LogP contribution in [0.2, 0.25) is 0 Å². The molecule has 1 aliphatic carbocycles. The molecule has 0 atom stereocenters. The molecule has 3 aromatic rings. The topological polar surface area (TPSA) is 101 Å². The molecule has 0 amide bonds. The summed E-state index contributed by atoms with van der Waals surface area (Å²) in [6, 6.07) is 22.2. The molecule has 2 aliphatic heterocycles. The first-order valence-electron chi connectivity index (χ1n) is 20.4. The van der Waals surface area contributed by atoms with Gasteiger partial charge in [0.05, 0.1) is 11.4 Å². The minimum atomic E-state index is -4.06. The summed E-state index contributed by atoms with van der Waals surface area (Å²) in [5, 5.41) is 0. The number of rotatable bonds is 14. The summed E-state index contributed by atoms with van der Waals surface area (Å²) >= 11 is 4.73. The van der Waals surface area contributed by atoms with Gasteiger partial charge < -0.3 is 9.80 Å². The molecule has 0 saturated heterocycles. The van der Waals surface area contributed by atoms with Gasteiger partial charge in [-0.2, -0.15) is 8.42 Å². The van der Waals surface area contributed by atoms with Gasteiger partial charge in [-0.05, 0) is 149 Å². The van der Waals surface area contributed by atoms with Gasteiger partial charge in [-0.3, -0.25) is 4.55 Å². The lowest BCUT2D eigenvalue weighted by atomic mass is 9.83. The average molecular weight is 1060 g/mol. The first kappa shape index (κ1) is 45.5. The Morgan fingerprint density at radius 3 is 1.66 bits per heavy atom. The third kappa shape index (κ3) is 9.58. The van der Waals surface area contributed by atoms with Gasteiger partial charge in [-0.1, -0.05) is 81.8 Å². The highest BCUT2D eigenvalue weighted by Crippen LogP contribution is 2.50. The maximum Gasteiger partial charge on any atom is 0.467 e. The third-order valence-corrected chi connectivity index (χ3v) is 15.9. The second kappa shape index (κ2) is 18.2. The van der Waals surface area contributed by atoms with Crippen molar-refractivity contribution in [3.8, 4) is 0 Å². The van der Waals surface area contributed by atoms with Crippen molar-refractivity contribution in [1.82, 2.24) is 0 Å². The van der Waals surface area contributed by atoms with E-state index in [1.165, 1.54) is 34.4 Å². The van der Waals surface area contributed by atoms with E-state index in [9.17, 15) is 21.4 Å². The van der Waals surface area contributed by atoms with Crippen LogP contribution in [0.5, 0.6) is 0 Å². The van der Waals surface area contributed by atoms with Crippen molar-refractivity contribution in [2.75, 3.05) is 47.0 Å². The average Bonchev–Trinajstić information content (AvgIpc) is 3.75. The van der Waals surface area contributed by atoms with E-state index in [0.717, 1.165) is 51.9 Å². The molecule has 0 aromatic heterocycles. The molecular formula is C46H57I2N4O5S2+. The fraction of sp³-hybridized carbons (Fsp3) is 0.413. The molecule has 59 heavy (non-hydrogen) atoms. The van der Waals surface area contributed by atoms with Crippen molar-refractivity contribution in [2.45, 2.75) is 90.4 Å². The van der Waals surface area contributed by atoms with Gasteiger partial charge in [0.15, 0.2) is 7.05 Å². The van der Waals surface area contributed by atoms with E-state index in [2.05, 4.69) is 150 Å². The van der Waals surface area contributed by atoms with E-state index in [4.69, 9.17) is 0 Å². The largest absolute Gasteiger partial charge is 0.467 e. The Morgan fingerprint density at radius 2 is 1.20 bits per heavy atom. The van der Waals surface area contributed by atoms with Crippen molar-refractivity contribution in [3.63, 3.8) is 0 Å². The van der Waals surface area contributed by atoms with Gasteiger partial charge in [-0.15, -0.1) is 8.42 Å². The van der Waals surface area contributed by atoms with Crippen LogP contribution < -0.4 is 14.1 Å². The molecule has 0 spiro atoms. The number of halogens is 2. The van der Waals surface area contributed by atoms with Crippen LogP contribution in [0.25, 0.3) is 0 Å². The van der Waals surface area contributed by atoms with E-state index in [1.54, 1.807) is 26.2 Å². The molecule has 9 nitrogen and oxygen atoms in total. The van der Waals surface area contributed by atoms with Gasteiger partial charge in [-0.25, -0.2) is 4.31 Å². The second-order valence-corrected chi connectivity index (χ2v) is 22.7. The first-order chi connectivity index (χ1) is 27.8. The summed E-state index contributed by atoms with van der Waals surface area (Å²) in [6.45, 7) is 12.7. The van der Waals surface area contributed by atoms with E-state index < -0.39 is 20.3 Å². The highest BCUT2D eigenvalue weighted by molar-refractivity contribution is 14.1. The molecule has 0 radical (unpaired) electrons. The van der Waals surface area contributed by atoms with Crippen LogP contribution in [0.3, 0.4) is 0 Å². The van der Waals surface area contributed by atoms with Crippen LogP contribution in [-0.2, 0) is 31.2 Å². The van der Waals surface area contributed by atoms with Crippen molar-refractivity contribution < 1.29 is 25.4 Å². The summed E-state index contributed by atoms with van der Waals surface area (Å²) in [4.78, 5) is 4.71. The van der Waals surface area contributed by atoms with Crippen molar-refractivity contribution >= 4 is 88.3 Å². The Kier molecular flexibility index (Phi) is 14.0. The molecule has 3 aliphatic rings. The fourth-order valence-electron chi connectivity index (χ4n) is 8.72. The number of unbranched alkanes of at least 4 members (excludes halogenated alkanes) is 3. The molecule has 1 fully saturated rings. The fourth-order valence-corrected chi connectivity index (χ4v) is 11.5. The smallest absolute Gasteiger partial charge is 0.344 e. The zero-order valence-corrected chi connectivity index (χ0v) is 41.1. The van der Waals surface area contributed by atoms with Crippen LogP contribution in [-0.4, -0.2) is 64.0 Å². The Hall–Kier alpha value is -2.99. The molecule has 1 saturated carbocycles. The Bertz CT molecular complexity index is 2470. The standard InChI is InChI=1S/C46H56I2N4O5S2/c1-8-9-13-28-51-40-24-22-35(47)31-38(40)45(2,3)42(51)26-20-33-18-19-34(44(33)50(7)59(56,57)49(6)37-16-11-10-12-17-37)21-27-43-46(4,5)39-32-36(48)23-25-41(39)52(43)29-14-15-30-58(53,54)55/h10-12,16-17,20-27,31-32H,8-9,13-15,18-19,28-30H2,1-7H3/p+1. The summed E-state index contributed by atoms with van der Waals surface area (Å²) in [6.07, 6.45) is 14.2. The number of anilines is 3. The quantitative estimate of drug-likeness (QED) is 0.0743. The van der Waals surface area contributed by atoms with Gasteiger partial charge >= 0.3 is 10.2 Å². The van der Waals surface area contributed by atoms with E-state index in [0.29, 0.717) is 43.6 Å². The van der Waals surface area contributed by atoms with E-state index >= 15 is 0 Å². The SMILES string of the molecule is CCCCCN1C(=CC=C2CC/C(=C\C=C3\N(CCCCS(=O)(=O)O)c4ccc(I)cc4C3(C)C)C2=[N+](C)S(=O)(=O)N(C)c2ccccc2)C(C)(C)c2cc(I)ccc21. The zero-order valence-electron chi connectivity index (χ0n) is 35.2. The summed E-state index contributed by atoms with van der Waals surface area (Å²) in [5.74, 6) is -0.284. The van der Waals surface area contributed by atoms with E-state index in [-0.39, 0.29) is 16.6 Å². The number of allylic oxidation sites excluding steroid dienone is 8. The van der Waals surface area contributed by atoms with Crippen molar-refractivity contribution in [2.24, 2.45) is 0 Å². The maximum absolute atomic E-state index is 14.5. The van der Waals surface area contributed by atoms with Crippen molar-refractivity contribution in [3.05, 3.63) is 132 Å². The number of para-hydroxylation sites is 1. The minimum absolute atomic E-state index is 0.251. The van der Waals surface area contributed by atoms with Crippen molar-refractivity contribution in [1.29, 1.82) is 0 Å². The van der Waals surface area contributed by atoms with Gasteiger partial charge in [0.1, 0.15) is 0 Å². The molecule has 2 heterocycles. The second-order valence-electron chi connectivity index (χ2n) is 16.7. The van der Waals surface area contributed by atoms with Crippen LogP contribution >= 0.6 is 45.2 Å². The van der Waals surface area contributed by atoms with Gasteiger partial charge in [0, 0.05) is 72.0 Å². The van der Waals surface area contributed by atoms with E-state index in [1.807, 2.05) is 18.2 Å². The normalized spacial score (nSPS) is 20.9. The maximum atomic E-state index is 14.5. The number of hydrogen-bond acceptors (Lipinski definition) is 6. The Labute approximate surface area is 379 Å². The lowest BCUT2D eigenvalue weighted by molar-refractivity contribution is -0.325. The number of hydrogen-bond donors (Lipinski definition) is 1. The van der Waals surface area contributed by atoms with Gasteiger partial charge in [0.25, 0.3) is 10.1 Å². The highest BCUT2D eigenvalue weighted by Gasteiger charge is 2.42. The molecule has 0 bridgehead atoms. The van der Waals surface area contributed by atoms with Gasteiger partial charge in [0.2, 0.25) is 5.71 Å². The molecule has 1 N–H and O–H groups in total. The summed E-state index contributed by atoms with van der Waals surface area (Å²) < 4.78 is 66.6. The lowest BCUT2D eigenvalue weighted by Gasteiger charge is -2.27. The zero-order chi connectivity index (χ0) is 42.9. The molecule has 0 unspecified atom stereocenters. The Balaban J connectivity index is 1.48. The van der Waals surface area contributed by atoms with Crippen LogP contribution in [0, 0.1) is 7.14 Å². The number of nitrogens with zero attached hydrogens (tertiary/aromatic N) is 4. The molecule has 13 heteroatoms. The lowest BCUT2D eigenvalue weighted by Crippen LogP contribution is -2.37. The molecule has 3 aromatic carbocycles. The predicted molar refractivity (Wildman–Crippen MR) is 261 cm³/mol. The monoisotopic (exact) mass is 1060 g/mol. The number of fused-ring (bicyclic) bond motifs is 2.